The summed E-state index contributed by atoms with van der Waals surface area (Å²) in [6, 6.07) is 0.573. The zero-order valence-electron chi connectivity index (χ0n) is 9.13. The van der Waals surface area contributed by atoms with Crippen LogP contribution in [0.15, 0.2) is 0 Å². The van der Waals surface area contributed by atoms with Crippen LogP contribution in [0.3, 0.4) is 0 Å². The zero-order chi connectivity index (χ0) is 10.6. The molecule has 1 rings (SSSR count). The van der Waals surface area contributed by atoms with Crippen molar-refractivity contribution >= 4 is 17.7 Å². The summed E-state index contributed by atoms with van der Waals surface area (Å²) in [5.41, 5.74) is -0.415. The highest BCUT2D eigenvalue weighted by Gasteiger charge is 2.29. The lowest BCUT2D eigenvalue weighted by Crippen LogP contribution is -2.41. The Bertz CT molecular complexity index is 200. The smallest absolute Gasteiger partial charge is 0.312 e. The fourth-order valence-corrected chi connectivity index (χ4v) is 2.63. The summed E-state index contributed by atoms with van der Waals surface area (Å²) in [7, 11) is 1.44. The molecule has 0 spiro atoms. The molecule has 1 N–H and O–H groups in total. The second-order valence-electron chi connectivity index (χ2n) is 4.32. The monoisotopic (exact) mass is 217 g/mol. The lowest BCUT2D eigenvalue weighted by atomic mass is 9.93. The van der Waals surface area contributed by atoms with Crippen LogP contribution in [0.4, 0.5) is 0 Å². The van der Waals surface area contributed by atoms with Crippen LogP contribution in [0.5, 0.6) is 0 Å². The third-order valence-electron chi connectivity index (χ3n) is 2.50. The minimum atomic E-state index is -0.415. The number of hydrogen-bond acceptors (Lipinski definition) is 4. The summed E-state index contributed by atoms with van der Waals surface area (Å²) in [5.74, 6) is 2.25. The van der Waals surface area contributed by atoms with Crippen LogP contribution in [0, 0.1) is 5.41 Å². The van der Waals surface area contributed by atoms with Gasteiger partial charge in [-0.2, -0.15) is 11.8 Å². The summed E-state index contributed by atoms with van der Waals surface area (Å²) in [6.07, 6.45) is 1.21. The molecule has 1 saturated heterocycles. The topological polar surface area (TPSA) is 38.3 Å². The maximum absolute atomic E-state index is 11.4. The summed E-state index contributed by atoms with van der Waals surface area (Å²) in [6.45, 7) is 4.52. The number of rotatable bonds is 4. The zero-order valence-corrected chi connectivity index (χ0v) is 9.95. The van der Waals surface area contributed by atoms with Crippen molar-refractivity contribution in [1.82, 2.24) is 5.32 Å². The molecule has 0 aromatic carbocycles. The van der Waals surface area contributed by atoms with Crippen LogP contribution in [0.2, 0.25) is 0 Å². The summed E-state index contributed by atoms with van der Waals surface area (Å²) in [5, 5.41) is 3.42. The summed E-state index contributed by atoms with van der Waals surface area (Å²) in [4.78, 5) is 11.4. The van der Waals surface area contributed by atoms with Crippen LogP contribution in [0.1, 0.15) is 20.3 Å². The second kappa shape index (κ2) is 5.03. The molecule has 3 nitrogen and oxygen atoms in total. The molecular weight excluding hydrogens is 198 g/mol. The van der Waals surface area contributed by atoms with Crippen LogP contribution in [-0.4, -0.2) is 37.2 Å². The Hall–Kier alpha value is -0.220. The SMILES string of the molecule is COC(=O)C(C)(C)CNC1CCSC1. The lowest BCUT2D eigenvalue weighted by Gasteiger charge is -2.23. The first kappa shape index (κ1) is 11.9. The van der Waals surface area contributed by atoms with E-state index >= 15 is 0 Å². The highest BCUT2D eigenvalue weighted by atomic mass is 32.2. The average Bonchev–Trinajstić information content (AvgIpc) is 2.66. The molecule has 0 bridgehead atoms. The molecule has 1 fully saturated rings. The Morgan fingerprint density at radius 3 is 2.86 bits per heavy atom. The lowest BCUT2D eigenvalue weighted by molar-refractivity contribution is -0.150. The van der Waals surface area contributed by atoms with E-state index in [0.29, 0.717) is 12.6 Å². The molecule has 14 heavy (non-hydrogen) atoms. The molecule has 0 aromatic rings. The van der Waals surface area contributed by atoms with Crippen molar-refractivity contribution in [2.75, 3.05) is 25.2 Å². The van der Waals surface area contributed by atoms with Gasteiger partial charge in [0.05, 0.1) is 12.5 Å². The van der Waals surface area contributed by atoms with Gasteiger partial charge < -0.3 is 10.1 Å². The standard InChI is InChI=1S/C10H19NO2S/c1-10(2,9(12)13-3)7-11-8-4-5-14-6-8/h8,11H,4-7H2,1-3H3. The Morgan fingerprint density at radius 2 is 2.36 bits per heavy atom. The predicted molar refractivity (Wildman–Crippen MR) is 59.5 cm³/mol. The van der Waals surface area contributed by atoms with Gasteiger partial charge in [-0.1, -0.05) is 0 Å². The number of nitrogens with one attached hydrogen (secondary N) is 1. The van der Waals surface area contributed by atoms with E-state index in [1.54, 1.807) is 0 Å². The molecule has 0 saturated carbocycles. The quantitative estimate of drug-likeness (QED) is 0.720. The van der Waals surface area contributed by atoms with Crippen LogP contribution in [0.25, 0.3) is 0 Å². The van der Waals surface area contributed by atoms with E-state index in [4.69, 9.17) is 4.74 Å². The van der Waals surface area contributed by atoms with Crippen molar-refractivity contribution in [3.8, 4) is 0 Å². The van der Waals surface area contributed by atoms with Crippen molar-refractivity contribution in [2.45, 2.75) is 26.3 Å². The molecule has 1 unspecified atom stereocenters. The number of carbonyl (C=O) groups excluding carboxylic acids is 1. The number of hydrogen-bond donors (Lipinski definition) is 1. The Labute approximate surface area is 90.0 Å². The summed E-state index contributed by atoms with van der Waals surface area (Å²) >= 11 is 1.97. The minimum absolute atomic E-state index is 0.143. The number of methoxy groups -OCH3 is 1. The molecule has 0 amide bonds. The third kappa shape index (κ3) is 3.17. The van der Waals surface area contributed by atoms with Crippen molar-refractivity contribution < 1.29 is 9.53 Å². The normalized spacial score (nSPS) is 22.4. The van der Waals surface area contributed by atoms with Crippen molar-refractivity contribution in [3.63, 3.8) is 0 Å². The van der Waals surface area contributed by atoms with E-state index in [2.05, 4.69) is 5.32 Å². The van der Waals surface area contributed by atoms with E-state index in [1.807, 2.05) is 25.6 Å². The molecule has 0 aliphatic carbocycles. The van der Waals surface area contributed by atoms with Gasteiger partial charge in [-0.15, -0.1) is 0 Å². The van der Waals surface area contributed by atoms with E-state index < -0.39 is 5.41 Å². The Kier molecular flexibility index (Phi) is 4.26. The average molecular weight is 217 g/mol. The maximum Gasteiger partial charge on any atom is 0.312 e. The van der Waals surface area contributed by atoms with Gasteiger partial charge in [-0.25, -0.2) is 0 Å². The minimum Gasteiger partial charge on any atom is -0.469 e. The molecular formula is C10H19NO2S. The van der Waals surface area contributed by atoms with E-state index in [1.165, 1.54) is 19.3 Å². The van der Waals surface area contributed by atoms with Gasteiger partial charge in [-0.3, -0.25) is 4.79 Å². The maximum atomic E-state index is 11.4. The van der Waals surface area contributed by atoms with Gasteiger partial charge in [0.15, 0.2) is 0 Å². The second-order valence-corrected chi connectivity index (χ2v) is 5.47. The van der Waals surface area contributed by atoms with Gasteiger partial charge in [0, 0.05) is 18.3 Å². The van der Waals surface area contributed by atoms with E-state index in [9.17, 15) is 4.79 Å². The molecule has 1 heterocycles. The highest BCUT2D eigenvalue weighted by molar-refractivity contribution is 7.99. The van der Waals surface area contributed by atoms with E-state index in [-0.39, 0.29) is 5.97 Å². The van der Waals surface area contributed by atoms with Crippen LogP contribution in [-0.2, 0) is 9.53 Å². The molecule has 82 valence electrons. The molecule has 0 radical (unpaired) electrons. The van der Waals surface area contributed by atoms with Crippen molar-refractivity contribution in [1.29, 1.82) is 0 Å². The van der Waals surface area contributed by atoms with Crippen molar-refractivity contribution in [2.24, 2.45) is 5.41 Å². The number of esters is 1. The highest BCUT2D eigenvalue weighted by Crippen LogP contribution is 2.20. The first-order chi connectivity index (χ1) is 6.56. The van der Waals surface area contributed by atoms with Gasteiger partial charge in [0.1, 0.15) is 0 Å². The molecule has 0 aromatic heterocycles. The number of thioether (sulfide) groups is 1. The van der Waals surface area contributed by atoms with E-state index in [0.717, 1.165) is 5.75 Å². The fourth-order valence-electron chi connectivity index (χ4n) is 1.44. The predicted octanol–water partition coefficient (Wildman–Crippen LogP) is 1.28. The Balaban J connectivity index is 2.31. The fraction of sp³-hybridized carbons (Fsp3) is 0.900. The summed E-state index contributed by atoms with van der Waals surface area (Å²) < 4.78 is 4.75. The largest absolute Gasteiger partial charge is 0.469 e. The van der Waals surface area contributed by atoms with Gasteiger partial charge >= 0.3 is 5.97 Å². The van der Waals surface area contributed by atoms with Crippen LogP contribution < -0.4 is 5.32 Å². The molecule has 1 atom stereocenters. The molecule has 1 aliphatic heterocycles. The Morgan fingerprint density at radius 1 is 1.64 bits per heavy atom. The number of ether oxygens (including phenoxy) is 1. The van der Waals surface area contributed by atoms with Crippen LogP contribution >= 0.6 is 11.8 Å². The first-order valence-corrected chi connectivity index (χ1v) is 6.11. The molecule has 1 aliphatic rings. The van der Waals surface area contributed by atoms with Gasteiger partial charge in [0.2, 0.25) is 0 Å². The van der Waals surface area contributed by atoms with Crippen molar-refractivity contribution in [3.05, 3.63) is 0 Å². The third-order valence-corrected chi connectivity index (χ3v) is 3.66. The molecule has 4 heteroatoms. The first-order valence-electron chi connectivity index (χ1n) is 4.96. The van der Waals surface area contributed by atoms with Gasteiger partial charge in [-0.05, 0) is 26.0 Å². The number of carbonyl (C=O) groups is 1. The van der Waals surface area contributed by atoms with Gasteiger partial charge in [0.25, 0.3) is 0 Å².